The topological polar surface area (TPSA) is 81.9 Å². The third-order valence-electron chi connectivity index (χ3n) is 4.66. The Labute approximate surface area is 184 Å². The number of rotatable bonds is 5. The van der Waals surface area contributed by atoms with Crippen molar-refractivity contribution < 1.29 is 22.7 Å². The van der Waals surface area contributed by atoms with Crippen LogP contribution in [0.15, 0.2) is 55.1 Å². The molecule has 2 aromatic carbocycles. The van der Waals surface area contributed by atoms with Gasteiger partial charge in [-0.25, -0.2) is 19.7 Å². The van der Waals surface area contributed by atoms with E-state index in [-0.39, 0.29) is 11.5 Å². The average molecular weight is 462 g/mol. The average Bonchev–Trinajstić information content (AvgIpc) is 3.18. The van der Waals surface area contributed by atoms with Gasteiger partial charge in [0.2, 0.25) is 0 Å². The number of alkyl halides is 3. The van der Waals surface area contributed by atoms with Crippen molar-refractivity contribution in [1.82, 2.24) is 19.5 Å². The highest BCUT2D eigenvalue weighted by Crippen LogP contribution is 2.37. The predicted molar refractivity (Wildman–Crippen MR) is 112 cm³/mol. The van der Waals surface area contributed by atoms with Crippen molar-refractivity contribution in [2.24, 2.45) is 0 Å². The number of nitrogens with one attached hydrogen (secondary N) is 1. The lowest BCUT2D eigenvalue weighted by atomic mass is 10.1. The Kier molecular flexibility index (Phi) is 5.70. The number of esters is 1. The van der Waals surface area contributed by atoms with Gasteiger partial charge in [0.25, 0.3) is 0 Å². The van der Waals surface area contributed by atoms with Gasteiger partial charge in [-0.05, 0) is 35.9 Å². The van der Waals surface area contributed by atoms with Crippen LogP contribution in [0.25, 0.3) is 11.2 Å². The van der Waals surface area contributed by atoms with Crippen LogP contribution < -0.4 is 5.32 Å². The number of imidazole rings is 1. The first-order chi connectivity index (χ1) is 15.3. The first-order valence-electron chi connectivity index (χ1n) is 9.23. The van der Waals surface area contributed by atoms with Crippen LogP contribution in [0.5, 0.6) is 0 Å². The SMILES string of the molecule is COC(=O)c1ccc(Cn2cnc3c(Nc4ccc(Cl)c(C(F)(F)F)c4)ncnc32)cc1. The zero-order valence-corrected chi connectivity index (χ0v) is 17.3. The van der Waals surface area contributed by atoms with Crippen LogP contribution in [0.4, 0.5) is 24.7 Å². The molecule has 32 heavy (non-hydrogen) atoms. The summed E-state index contributed by atoms with van der Waals surface area (Å²) in [4.78, 5) is 24.2. The molecule has 0 aliphatic carbocycles. The van der Waals surface area contributed by atoms with Crippen molar-refractivity contribution in [1.29, 1.82) is 0 Å². The zero-order valence-electron chi connectivity index (χ0n) is 16.5. The lowest BCUT2D eigenvalue weighted by molar-refractivity contribution is -0.137. The minimum atomic E-state index is -4.58. The maximum Gasteiger partial charge on any atom is 0.417 e. The third kappa shape index (κ3) is 4.35. The Balaban J connectivity index is 1.61. The third-order valence-corrected chi connectivity index (χ3v) is 4.99. The van der Waals surface area contributed by atoms with Gasteiger partial charge in [0, 0.05) is 5.69 Å². The standard InChI is InChI=1S/C21H15ClF3N5O2/c1-32-20(31)13-4-2-12(3-5-13)9-30-11-28-17-18(26-10-27-19(17)30)29-14-6-7-16(22)15(8-14)21(23,24)25/h2-8,10-11H,9H2,1H3,(H,26,27,29). The van der Waals surface area contributed by atoms with Gasteiger partial charge >= 0.3 is 12.1 Å². The number of hydrogen-bond acceptors (Lipinski definition) is 6. The molecule has 1 N–H and O–H groups in total. The molecule has 0 fully saturated rings. The highest BCUT2D eigenvalue weighted by Gasteiger charge is 2.33. The number of anilines is 2. The Morgan fingerprint density at radius 3 is 2.56 bits per heavy atom. The van der Waals surface area contributed by atoms with E-state index in [1.165, 1.54) is 25.6 Å². The van der Waals surface area contributed by atoms with Gasteiger partial charge < -0.3 is 14.6 Å². The molecule has 2 heterocycles. The number of aromatic nitrogens is 4. The number of methoxy groups -OCH3 is 1. The number of hydrogen-bond donors (Lipinski definition) is 1. The molecule has 0 aliphatic rings. The summed E-state index contributed by atoms with van der Waals surface area (Å²) >= 11 is 5.68. The molecule has 4 rings (SSSR count). The lowest BCUT2D eigenvalue weighted by Crippen LogP contribution is -2.07. The van der Waals surface area contributed by atoms with E-state index in [1.54, 1.807) is 35.2 Å². The molecule has 0 atom stereocenters. The van der Waals surface area contributed by atoms with Crippen LogP contribution in [0.1, 0.15) is 21.5 Å². The Hall–Kier alpha value is -3.66. The summed E-state index contributed by atoms with van der Waals surface area (Å²) in [6.07, 6.45) is -1.73. The normalized spacial score (nSPS) is 11.5. The monoisotopic (exact) mass is 461 g/mol. The van der Waals surface area contributed by atoms with E-state index in [2.05, 4.69) is 25.0 Å². The molecule has 164 valence electrons. The van der Waals surface area contributed by atoms with Crippen LogP contribution in [0.2, 0.25) is 5.02 Å². The van der Waals surface area contributed by atoms with E-state index in [0.717, 1.165) is 11.6 Å². The second-order valence-corrected chi connectivity index (χ2v) is 7.18. The molecule has 2 aromatic heterocycles. The number of benzene rings is 2. The molecule has 0 bridgehead atoms. The minimum absolute atomic E-state index is 0.162. The first-order valence-corrected chi connectivity index (χ1v) is 9.61. The second-order valence-electron chi connectivity index (χ2n) is 6.77. The number of carbonyl (C=O) groups is 1. The number of ether oxygens (including phenoxy) is 1. The molecule has 0 saturated heterocycles. The summed E-state index contributed by atoms with van der Waals surface area (Å²) in [6.45, 7) is 0.410. The summed E-state index contributed by atoms with van der Waals surface area (Å²) < 4.78 is 45.9. The summed E-state index contributed by atoms with van der Waals surface area (Å²) in [7, 11) is 1.31. The Morgan fingerprint density at radius 2 is 1.88 bits per heavy atom. The molecule has 0 spiro atoms. The molecule has 4 aromatic rings. The Bertz CT molecular complexity index is 1290. The summed E-state index contributed by atoms with van der Waals surface area (Å²) in [6, 6.07) is 10.4. The van der Waals surface area contributed by atoms with E-state index in [0.29, 0.717) is 23.3 Å². The molecule has 11 heteroatoms. The summed E-state index contributed by atoms with van der Waals surface area (Å²) in [5, 5.41) is 2.46. The van der Waals surface area contributed by atoms with Gasteiger partial charge in [-0.2, -0.15) is 13.2 Å². The largest absolute Gasteiger partial charge is 0.465 e. The van der Waals surface area contributed by atoms with Crippen molar-refractivity contribution in [3.63, 3.8) is 0 Å². The van der Waals surface area contributed by atoms with Crippen molar-refractivity contribution in [2.75, 3.05) is 12.4 Å². The fourth-order valence-corrected chi connectivity index (χ4v) is 3.33. The number of nitrogens with zero attached hydrogens (tertiary/aromatic N) is 4. The quantitative estimate of drug-likeness (QED) is 0.417. The van der Waals surface area contributed by atoms with Gasteiger partial charge in [-0.15, -0.1) is 0 Å². The fourth-order valence-electron chi connectivity index (χ4n) is 3.11. The maximum atomic E-state index is 13.1. The number of fused-ring (bicyclic) bond motifs is 1. The lowest BCUT2D eigenvalue weighted by Gasteiger charge is -2.12. The molecule has 0 amide bonds. The number of halogens is 4. The van der Waals surface area contributed by atoms with Gasteiger partial charge in [-0.3, -0.25) is 0 Å². The molecule has 0 unspecified atom stereocenters. The molecule has 0 aliphatic heterocycles. The van der Waals surface area contributed by atoms with Crippen molar-refractivity contribution in [2.45, 2.75) is 12.7 Å². The fraction of sp³-hybridized carbons (Fsp3) is 0.143. The van der Waals surface area contributed by atoms with Crippen molar-refractivity contribution in [3.8, 4) is 0 Å². The first kappa shape index (κ1) is 21.6. The van der Waals surface area contributed by atoms with E-state index < -0.39 is 22.7 Å². The van der Waals surface area contributed by atoms with Crippen LogP contribution in [-0.4, -0.2) is 32.6 Å². The zero-order chi connectivity index (χ0) is 22.9. The summed E-state index contributed by atoms with van der Waals surface area (Å²) in [5.74, 6) is -0.172. The molecular weight excluding hydrogens is 447 g/mol. The van der Waals surface area contributed by atoms with Crippen molar-refractivity contribution >= 4 is 40.2 Å². The van der Waals surface area contributed by atoms with E-state index in [9.17, 15) is 18.0 Å². The highest BCUT2D eigenvalue weighted by atomic mass is 35.5. The van der Waals surface area contributed by atoms with E-state index >= 15 is 0 Å². The van der Waals surface area contributed by atoms with Gasteiger partial charge in [0.05, 0.1) is 36.1 Å². The molecule has 0 radical (unpaired) electrons. The molecular formula is C21H15ClF3N5O2. The molecule has 7 nitrogen and oxygen atoms in total. The minimum Gasteiger partial charge on any atom is -0.465 e. The van der Waals surface area contributed by atoms with Crippen LogP contribution in [0.3, 0.4) is 0 Å². The highest BCUT2D eigenvalue weighted by molar-refractivity contribution is 6.31. The Morgan fingerprint density at radius 1 is 1.12 bits per heavy atom. The van der Waals surface area contributed by atoms with E-state index in [4.69, 9.17) is 11.6 Å². The van der Waals surface area contributed by atoms with Gasteiger partial charge in [0.15, 0.2) is 17.0 Å². The summed E-state index contributed by atoms with van der Waals surface area (Å²) in [5.41, 5.74) is 1.41. The van der Waals surface area contributed by atoms with Crippen LogP contribution >= 0.6 is 11.6 Å². The van der Waals surface area contributed by atoms with Gasteiger partial charge in [0.1, 0.15) is 6.33 Å². The van der Waals surface area contributed by atoms with Crippen LogP contribution in [-0.2, 0) is 17.5 Å². The maximum absolute atomic E-state index is 13.1. The molecule has 0 saturated carbocycles. The predicted octanol–water partition coefficient (Wildman–Crippen LogP) is 5.08. The van der Waals surface area contributed by atoms with Gasteiger partial charge in [-0.1, -0.05) is 23.7 Å². The smallest absolute Gasteiger partial charge is 0.417 e. The van der Waals surface area contributed by atoms with Crippen molar-refractivity contribution in [3.05, 3.63) is 76.8 Å². The number of carbonyl (C=O) groups excluding carboxylic acids is 1. The second kappa shape index (κ2) is 8.46. The van der Waals surface area contributed by atoms with E-state index in [1.807, 2.05) is 0 Å². The van der Waals surface area contributed by atoms with Crippen LogP contribution in [0, 0.1) is 0 Å².